The molecular formula is C18H25Cl2N5OS. The third-order valence-corrected chi connectivity index (χ3v) is 4.91. The van der Waals surface area contributed by atoms with E-state index < -0.39 is 0 Å². The minimum Gasteiger partial charge on any atom is -0.508 e. The summed E-state index contributed by atoms with van der Waals surface area (Å²) in [5.41, 5.74) is 4.66. The highest BCUT2D eigenvalue weighted by atomic mass is 35.5. The molecule has 0 bridgehead atoms. The molecule has 0 saturated heterocycles. The molecule has 0 aliphatic carbocycles. The van der Waals surface area contributed by atoms with Crippen LogP contribution in [0.4, 0.5) is 0 Å². The molecule has 1 aromatic carbocycles. The van der Waals surface area contributed by atoms with Crippen LogP contribution in [0.3, 0.4) is 0 Å². The summed E-state index contributed by atoms with van der Waals surface area (Å²) in [5, 5.41) is 16.0. The Bertz CT molecular complexity index is 761. The van der Waals surface area contributed by atoms with Crippen molar-refractivity contribution in [3.8, 4) is 5.75 Å². The zero-order valence-corrected chi connectivity index (χ0v) is 17.5. The number of benzene rings is 1. The number of aliphatic imine (C=N–C) groups is 1. The second-order valence-electron chi connectivity index (χ2n) is 5.92. The minimum absolute atomic E-state index is 0. The van der Waals surface area contributed by atoms with Crippen molar-refractivity contribution in [3.63, 3.8) is 0 Å². The molecule has 27 heavy (non-hydrogen) atoms. The van der Waals surface area contributed by atoms with E-state index in [0.717, 1.165) is 48.4 Å². The lowest BCUT2D eigenvalue weighted by Gasteiger charge is -2.17. The number of imidazole rings is 1. The van der Waals surface area contributed by atoms with Crippen LogP contribution < -0.4 is 10.6 Å². The third-order valence-electron chi connectivity index (χ3n) is 3.94. The van der Waals surface area contributed by atoms with Gasteiger partial charge in [-0.15, -0.1) is 24.8 Å². The molecule has 3 rings (SSSR count). The first-order valence-electron chi connectivity index (χ1n) is 8.28. The van der Waals surface area contributed by atoms with E-state index in [9.17, 15) is 5.11 Å². The number of aryl methyl sites for hydroxylation is 1. The van der Waals surface area contributed by atoms with Gasteiger partial charge in [0.15, 0.2) is 5.96 Å². The number of hydrogen-bond acceptors (Lipinski definition) is 6. The molecule has 4 N–H and O–H groups in total. The molecule has 0 fully saturated rings. The second-order valence-corrected chi connectivity index (χ2v) is 7.02. The number of hydrogen-bond donors (Lipinski definition) is 4. The summed E-state index contributed by atoms with van der Waals surface area (Å²) in [5.74, 6) is 3.04. The summed E-state index contributed by atoms with van der Waals surface area (Å²) in [6.07, 6.45) is 4.50. The van der Waals surface area contributed by atoms with E-state index in [1.54, 1.807) is 18.5 Å². The van der Waals surface area contributed by atoms with E-state index >= 15 is 0 Å². The van der Waals surface area contributed by atoms with E-state index in [-0.39, 0.29) is 24.8 Å². The number of nitrogens with zero attached hydrogens (tertiary/aromatic N) is 2. The smallest absolute Gasteiger partial charge is 0.196 e. The summed E-state index contributed by atoms with van der Waals surface area (Å²) >= 11 is 1.85. The highest BCUT2D eigenvalue weighted by Crippen LogP contribution is 2.14. The van der Waals surface area contributed by atoms with E-state index in [1.807, 2.05) is 37.0 Å². The highest BCUT2D eigenvalue weighted by Gasteiger charge is 2.07. The van der Waals surface area contributed by atoms with Crippen molar-refractivity contribution in [2.45, 2.75) is 19.1 Å². The Balaban J connectivity index is 0.00000182. The van der Waals surface area contributed by atoms with Crippen LogP contribution in [0.5, 0.6) is 5.75 Å². The maximum absolute atomic E-state index is 9.32. The number of phenols is 1. The number of aromatic nitrogens is 2. The van der Waals surface area contributed by atoms with Gasteiger partial charge < -0.3 is 20.7 Å². The van der Waals surface area contributed by atoms with Gasteiger partial charge in [-0.3, -0.25) is 0 Å². The van der Waals surface area contributed by atoms with Crippen LogP contribution in [-0.2, 0) is 12.2 Å². The Kier molecular flexibility index (Phi) is 10.1. The quantitative estimate of drug-likeness (QED) is 0.507. The molecule has 9 heteroatoms. The molecule has 1 aliphatic heterocycles. The highest BCUT2D eigenvalue weighted by molar-refractivity contribution is 7.98. The normalized spacial score (nSPS) is 12.8. The van der Waals surface area contributed by atoms with Crippen molar-refractivity contribution >= 4 is 42.5 Å². The number of aromatic hydroxyl groups is 1. The number of guanidine groups is 1. The fourth-order valence-corrected chi connectivity index (χ4v) is 3.35. The molecule has 6 nitrogen and oxygen atoms in total. The molecule has 0 atom stereocenters. The Labute approximate surface area is 176 Å². The van der Waals surface area contributed by atoms with Gasteiger partial charge in [0.2, 0.25) is 0 Å². The largest absolute Gasteiger partial charge is 0.508 e. The lowest BCUT2D eigenvalue weighted by molar-refractivity contribution is 0.475. The van der Waals surface area contributed by atoms with Gasteiger partial charge in [-0.25, -0.2) is 9.98 Å². The fourth-order valence-electron chi connectivity index (χ4n) is 2.48. The first-order valence-corrected chi connectivity index (χ1v) is 9.44. The van der Waals surface area contributed by atoms with Crippen LogP contribution in [0.2, 0.25) is 0 Å². The van der Waals surface area contributed by atoms with Gasteiger partial charge in [0.1, 0.15) is 5.75 Å². The molecule has 0 spiro atoms. The van der Waals surface area contributed by atoms with Crippen LogP contribution in [-0.4, -0.2) is 39.9 Å². The van der Waals surface area contributed by atoms with Crippen molar-refractivity contribution in [1.82, 2.24) is 20.6 Å². The van der Waals surface area contributed by atoms with Crippen molar-refractivity contribution in [1.29, 1.82) is 0 Å². The maximum atomic E-state index is 9.32. The van der Waals surface area contributed by atoms with Crippen LogP contribution >= 0.6 is 36.6 Å². The average Bonchev–Trinajstić information content (AvgIpc) is 3.03. The second kappa shape index (κ2) is 11.8. The predicted molar refractivity (Wildman–Crippen MR) is 117 cm³/mol. The van der Waals surface area contributed by atoms with Crippen LogP contribution in [0.15, 0.2) is 47.4 Å². The Morgan fingerprint density at radius 3 is 2.63 bits per heavy atom. The number of aromatic amines is 1. The van der Waals surface area contributed by atoms with Gasteiger partial charge >= 0.3 is 0 Å². The summed E-state index contributed by atoms with van der Waals surface area (Å²) in [6, 6.07) is 7.30. The van der Waals surface area contributed by atoms with Crippen LogP contribution in [0.25, 0.3) is 0 Å². The number of phenolic OH excluding ortho intramolecular Hbond substituents is 1. The van der Waals surface area contributed by atoms with Crippen molar-refractivity contribution in [2.24, 2.45) is 4.99 Å². The monoisotopic (exact) mass is 429 g/mol. The SMILES string of the molecule is Cc1[nH]cnc1CSCCNC1=NC=C(Cc2ccc(O)cc2)CN1.Cl.Cl. The van der Waals surface area contributed by atoms with E-state index in [2.05, 4.69) is 25.6 Å². The summed E-state index contributed by atoms with van der Waals surface area (Å²) in [7, 11) is 0. The molecule has 0 saturated carbocycles. The zero-order chi connectivity index (χ0) is 17.5. The topological polar surface area (TPSA) is 85.3 Å². The maximum Gasteiger partial charge on any atom is 0.196 e. The minimum atomic E-state index is 0. The molecule has 2 heterocycles. The third kappa shape index (κ3) is 7.36. The Hall–Kier alpha value is -1.83. The molecule has 1 aliphatic rings. The fraction of sp³-hybridized carbons (Fsp3) is 0.333. The van der Waals surface area contributed by atoms with Crippen molar-refractivity contribution < 1.29 is 5.11 Å². The standard InChI is InChI=1S/C18H23N5OS.2ClH/c1-13-17(23-12-22-13)11-25-7-6-19-18-20-9-15(10-21-18)8-14-2-4-16(24)5-3-14;;/h2-5,9,12,24H,6-8,10-11H2,1H3,(H,22,23)(H2,19,20,21);2*1H. The number of rotatable bonds is 7. The van der Waals surface area contributed by atoms with Gasteiger partial charge in [0.05, 0.1) is 12.0 Å². The zero-order valence-electron chi connectivity index (χ0n) is 15.1. The number of halogens is 2. The summed E-state index contributed by atoms with van der Waals surface area (Å²) < 4.78 is 0. The van der Waals surface area contributed by atoms with Gasteiger partial charge in [-0.05, 0) is 36.6 Å². The first kappa shape index (κ1) is 23.2. The molecule has 0 radical (unpaired) electrons. The Morgan fingerprint density at radius 1 is 1.22 bits per heavy atom. The van der Waals surface area contributed by atoms with Gasteiger partial charge in [0.25, 0.3) is 0 Å². The van der Waals surface area contributed by atoms with Crippen molar-refractivity contribution in [2.75, 3.05) is 18.8 Å². The summed E-state index contributed by atoms with van der Waals surface area (Å²) in [4.78, 5) is 11.8. The van der Waals surface area contributed by atoms with Gasteiger partial charge in [-0.2, -0.15) is 11.8 Å². The average molecular weight is 430 g/mol. The Morgan fingerprint density at radius 2 is 2.00 bits per heavy atom. The van der Waals surface area contributed by atoms with Gasteiger partial charge in [0, 0.05) is 36.5 Å². The van der Waals surface area contributed by atoms with Gasteiger partial charge in [-0.1, -0.05) is 12.1 Å². The number of thioether (sulfide) groups is 1. The molecular weight excluding hydrogens is 405 g/mol. The number of nitrogens with one attached hydrogen (secondary N) is 3. The lowest BCUT2D eigenvalue weighted by Crippen LogP contribution is -2.40. The molecule has 0 unspecified atom stereocenters. The summed E-state index contributed by atoms with van der Waals surface area (Å²) in [6.45, 7) is 3.69. The molecule has 2 aromatic rings. The van der Waals surface area contributed by atoms with E-state index in [0.29, 0.717) is 5.75 Å². The predicted octanol–water partition coefficient (Wildman–Crippen LogP) is 3.18. The van der Waals surface area contributed by atoms with E-state index in [1.165, 1.54) is 11.1 Å². The number of H-pyrrole nitrogens is 1. The molecule has 1 aromatic heterocycles. The lowest BCUT2D eigenvalue weighted by atomic mass is 10.1. The first-order chi connectivity index (χ1) is 12.2. The van der Waals surface area contributed by atoms with Crippen molar-refractivity contribution in [3.05, 3.63) is 59.3 Å². The molecule has 0 amide bonds. The van der Waals surface area contributed by atoms with Crippen LogP contribution in [0, 0.1) is 6.92 Å². The molecule has 148 valence electrons. The van der Waals surface area contributed by atoms with Crippen LogP contribution in [0.1, 0.15) is 17.0 Å². The van der Waals surface area contributed by atoms with E-state index in [4.69, 9.17) is 0 Å².